The molecule has 2 heterocycles. The summed E-state index contributed by atoms with van der Waals surface area (Å²) in [6.45, 7) is 0. The maximum absolute atomic E-state index is 10.9. The van der Waals surface area contributed by atoms with Crippen molar-refractivity contribution in [2.24, 2.45) is 0 Å². The minimum absolute atomic E-state index is 0.0944. The van der Waals surface area contributed by atoms with E-state index in [1.54, 1.807) is 32.4 Å². The van der Waals surface area contributed by atoms with Gasteiger partial charge in [0.25, 0.3) is 0 Å². The van der Waals surface area contributed by atoms with Gasteiger partial charge in [-0.2, -0.15) is 0 Å². The largest absolute Gasteiger partial charge is 0.497 e. The molecule has 0 radical (unpaired) electrons. The third-order valence-electron chi connectivity index (χ3n) is 3.21. The van der Waals surface area contributed by atoms with Gasteiger partial charge in [-0.05, 0) is 12.1 Å². The van der Waals surface area contributed by atoms with Crippen LogP contribution in [0.2, 0.25) is 0 Å². The third kappa shape index (κ3) is 2.20. The van der Waals surface area contributed by atoms with Crippen LogP contribution in [0, 0.1) is 0 Å². The molecule has 3 rings (SSSR count). The Morgan fingerprint density at radius 1 is 1.19 bits per heavy atom. The summed E-state index contributed by atoms with van der Waals surface area (Å²) in [5.74, 6) is 0.864. The Hall–Kier alpha value is -2.89. The quantitative estimate of drug-likeness (QED) is 0.770. The van der Waals surface area contributed by atoms with Gasteiger partial charge in [0, 0.05) is 18.2 Å². The lowest BCUT2D eigenvalue weighted by Crippen LogP contribution is -1.95. The highest BCUT2D eigenvalue weighted by molar-refractivity contribution is 5.93. The van der Waals surface area contributed by atoms with E-state index >= 15 is 0 Å². The molecule has 2 aromatic heterocycles. The molecule has 21 heavy (non-hydrogen) atoms. The zero-order valence-electron chi connectivity index (χ0n) is 11.5. The molecule has 0 saturated carbocycles. The van der Waals surface area contributed by atoms with Crippen LogP contribution in [0.5, 0.6) is 11.5 Å². The number of furan rings is 1. The number of hydrogen-bond donors (Lipinski definition) is 2. The van der Waals surface area contributed by atoms with E-state index in [0.717, 1.165) is 5.56 Å². The van der Waals surface area contributed by atoms with E-state index in [1.165, 1.54) is 6.07 Å². The van der Waals surface area contributed by atoms with E-state index in [9.17, 15) is 4.79 Å². The van der Waals surface area contributed by atoms with Crippen LogP contribution in [0.15, 0.2) is 34.7 Å². The van der Waals surface area contributed by atoms with Gasteiger partial charge in [-0.3, -0.25) is 0 Å². The molecule has 3 aromatic rings. The highest BCUT2D eigenvalue weighted by atomic mass is 16.5. The molecule has 6 nitrogen and oxygen atoms in total. The summed E-state index contributed by atoms with van der Waals surface area (Å²) in [6.07, 6.45) is 0. The fraction of sp³-hybridized carbons (Fsp3) is 0.133. The predicted octanol–water partition coefficient (Wildman–Crippen LogP) is 3.14. The van der Waals surface area contributed by atoms with Crippen molar-refractivity contribution in [3.63, 3.8) is 0 Å². The van der Waals surface area contributed by atoms with Gasteiger partial charge in [0.15, 0.2) is 5.58 Å². The number of nitrogens with one attached hydrogen (secondary N) is 1. The van der Waals surface area contributed by atoms with Crippen LogP contribution in [-0.4, -0.2) is 30.3 Å². The van der Waals surface area contributed by atoms with Gasteiger partial charge in [-0.1, -0.05) is 0 Å². The number of aromatic nitrogens is 1. The summed E-state index contributed by atoms with van der Waals surface area (Å²) < 4.78 is 16.2. The maximum Gasteiger partial charge on any atom is 0.352 e. The summed E-state index contributed by atoms with van der Waals surface area (Å²) in [6, 6.07) is 8.59. The monoisotopic (exact) mass is 287 g/mol. The van der Waals surface area contributed by atoms with E-state index in [0.29, 0.717) is 28.4 Å². The molecule has 6 heteroatoms. The molecule has 108 valence electrons. The number of carbonyl (C=O) groups is 1. The highest BCUT2D eigenvalue weighted by Crippen LogP contribution is 2.36. The number of methoxy groups -OCH3 is 2. The lowest BCUT2D eigenvalue weighted by molar-refractivity contribution is 0.0691. The van der Waals surface area contributed by atoms with Gasteiger partial charge < -0.3 is 24.0 Å². The molecular weight excluding hydrogens is 274 g/mol. The predicted molar refractivity (Wildman–Crippen MR) is 76.1 cm³/mol. The summed E-state index contributed by atoms with van der Waals surface area (Å²) >= 11 is 0. The average Bonchev–Trinajstić information content (AvgIpc) is 3.04. The number of carboxylic acids is 1. The van der Waals surface area contributed by atoms with Crippen molar-refractivity contribution in [3.8, 4) is 22.8 Å². The molecule has 0 aliphatic heterocycles. The lowest BCUT2D eigenvalue weighted by atomic mass is 10.1. The molecule has 2 N–H and O–H groups in total. The van der Waals surface area contributed by atoms with E-state index in [4.69, 9.17) is 19.0 Å². The van der Waals surface area contributed by atoms with Gasteiger partial charge in [-0.15, -0.1) is 0 Å². The number of carboxylic acid groups (broad SMARTS) is 1. The maximum atomic E-state index is 10.9. The van der Waals surface area contributed by atoms with Crippen LogP contribution in [0.4, 0.5) is 0 Å². The second-order valence-corrected chi connectivity index (χ2v) is 4.44. The topological polar surface area (TPSA) is 84.7 Å². The third-order valence-corrected chi connectivity index (χ3v) is 3.21. The SMILES string of the molecule is COc1ccc(-c2cc3[nH]c(C(=O)O)cc3o2)c(OC)c1. The summed E-state index contributed by atoms with van der Waals surface area (Å²) in [5.41, 5.74) is 1.97. The normalized spacial score (nSPS) is 10.8. The van der Waals surface area contributed by atoms with Gasteiger partial charge >= 0.3 is 5.97 Å². The Morgan fingerprint density at radius 2 is 2.00 bits per heavy atom. The number of benzene rings is 1. The molecule has 0 bridgehead atoms. The molecule has 0 aliphatic carbocycles. The Morgan fingerprint density at radius 3 is 2.62 bits per heavy atom. The minimum atomic E-state index is -1.02. The second kappa shape index (κ2) is 4.90. The van der Waals surface area contributed by atoms with Crippen LogP contribution in [0.3, 0.4) is 0 Å². The first kappa shape index (κ1) is 13.1. The van der Waals surface area contributed by atoms with Crippen molar-refractivity contribution >= 4 is 17.1 Å². The molecule has 0 atom stereocenters. The van der Waals surface area contributed by atoms with Crippen LogP contribution in [0.1, 0.15) is 10.5 Å². The Kier molecular flexibility index (Phi) is 3.06. The molecule has 0 saturated heterocycles. The molecule has 0 aliphatic rings. The highest BCUT2D eigenvalue weighted by Gasteiger charge is 2.15. The Bertz CT molecular complexity index is 783. The zero-order chi connectivity index (χ0) is 15.0. The number of H-pyrrole nitrogens is 1. The van der Waals surface area contributed by atoms with Crippen LogP contribution < -0.4 is 9.47 Å². The van der Waals surface area contributed by atoms with Crippen molar-refractivity contribution in [2.45, 2.75) is 0 Å². The van der Waals surface area contributed by atoms with E-state index in [1.807, 2.05) is 6.07 Å². The van der Waals surface area contributed by atoms with E-state index in [-0.39, 0.29) is 5.69 Å². The van der Waals surface area contributed by atoms with Gasteiger partial charge in [-0.25, -0.2) is 4.79 Å². The standard InChI is InChI=1S/C15H13NO5/c1-19-8-3-4-9(12(5-8)20-2)13-6-10-14(21-13)7-11(16-10)15(17)18/h3-7,16H,1-2H3,(H,17,18). The fourth-order valence-electron chi connectivity index (χ4n) is 2.17. The number of aromatic carboxylic acids is 1. The summed E-state index contributed by atoms with van der Waals surface area (Å²) in [4.78, 5) is 13.7. The fourth-order valence-corrected chi connectivity index (χ4v) is 2.17. The zero-order valence-corrected chi connectivity index (χ0v) is 11.5. The average molecular weight is 287 g/mol. The lowest BCUT2D eigenvalue weighted by Gasteiger charge is -2.08. The molecule has 0 amide bonds. The van der Waals surface area contributed by atoms with E-state index in [2.05, 4.69) is 4.98 Å². The first-order valence-electron chi connectivity index (χ1n) is 6.20. The molecule has 1 aromatic carbocycles. The Balaban J connectivity index is 2.07. The minimum Gasteiger partial charge on any atom is -0.497 e. The second-order valence-electron chi connectivity index (χ2n) is 4.44. The van der Waals surface area contributed by atoms with Gasteiger partial charge in [0.05, 0.1) is 25.3 Å². The first-order valence-corrected chi connectivity index (χ1v) is 6.20. The number of ether oxygens (including phenoxy) is 2. The van der Waals surface area contributed by atoms with Crippen LogP contribution >= 0.6 is 0 Å². The summed E-state index contributed by atoms with van der Waals surface area (Å²) in [5, 5.41) is 8.92. The number of hydrogen-bond acceptors (Lipinski definition) is 4. The number of fused-ring (bicyclic) bond motifs is 1. The molecular formula is C15H13NO5. The first-order chi connectivity index (χ1) is 10.1. The van der Waals surface area contributed by atoms with Gasteiger partial charge in [0.1, 0.15) is 23.0 Å². The number of aromatic amines is 1. The van der Waals surface area contributed by atoms with Crippen molar-refractivity contribution in [1.29, 1.82) is 0 Å². The van der Waals surface area contributed by atoms with Crippen molar-refractivity contribution in [1.82, 2.24) is 4.98 Å². The number of rotatable bonds is 4. The van der Waals surface area contributed by atoms with Crippen molar-refractivity contribution in [3.05, 3.63) is 36.0 Å². The van der Waals surface area contributed by atoms with Gasteiger partial charge in [0.2, 0.25) is 0 Å². The smallest absolute Gasteiger partial charge is 0.352 e. The van der Waals surface area contributed by atoms with Crippen LogP contribution in [0.25, 0.3) is 22.4 Å². The summed E-state index contributed by atoms with van der Waals surface area (Å²) in [7, 11) is 3.15. The van der Waals surface area contributed by atoms with Crippen molar-refractivity contribution in [2.75, 3.05) is 14.2 Å². The molecule has 0 fully saturated rings. The molecule has 0 spiro atoms. The molecule has 0 unspecified atom stereocenters. The van der Waals surface area contributed by atoms with Crippen molar-refractivity contribution < 1.29 is 23.8 Å². The van der Waals surface area contributed by atoms with Crippen LogP contribution in [-0.2, 0) is 0 Å². The Labute approximate surface area is 119 Å². The van der Waals surface area contributed by atoms with E-state index < -0.39 is 5.97 Å².